The molecule has 19 heavy (non-hydrogen) atoms. The first-order valence-electron chi connectivity index (χ1n) is 6.67. The van der Waals surface area contributed by atoms with Crippen LogP contribution in [0.15, 0.2) is 29.2 Å². The molecule has 1 aromatic rings. The van der Waals surface area contributed by atoms with E-state index in [0.29, 0.717) is 29.8 Å². The normalized spacial score (nSPS) is 21.5. The third kappa shape index (κ3) is 3.30. The Morgan fingerprint density at radius 3 is 2.79 bits per heavy atom. The lowest BCUT2D eigenvalue weighted by atomic mass is 9.97. The Kier molecular flexibility index (Phi) is 4.87. The SMILES string of the molecule is Cc1ccccc1S(=O)(=O)N1CCCC(CCCl)C1. The molecule has 1 aliphatic heterocycles. The highest BCUT2D eigenvalue weighted by Crippen LogP contribution is 2.26. The summed E-state index contributed by atoms with van der Waals surface area (Å²) in [5.41, 5.74) is 0.807. The van der Waals surface area contributed by atoms with Crippen LogP contribution in [0.1, 0.15) is 24.8 Å². The second-order valence-electron chi connectivity index (χ2n) is 5.11. The predicted octanol–water partition coefficient (Wildman–Crippen LogP) is 3.02. The van der Waals surface area contributed by atoms with Crippen molar-refractivity contribution >= 4 is 21.6 Å². The summed E-state index contributed by atoms with van der Waals surface area (Å²) in [5.74, 6) is 0.994. The summed E-state index contributed by atoms with van der Waals surface area (Å²) < 4.78 is 26.9. The summed E-state index contributed by atoms with van der Waals surface area (Å²) in [4.78, 5) is 0.432. The molecule has 1 aromatic carbocycles. The summed E-state index contributed by atoms with van der Waals surface area (Å²) in [6, 6.07) is 7.17. The first kappa shape index (κ1) is 14.8. The Bertz CT molecular complexity index is 528. The van der Waals surface area contributed by atoms with E-state index in [4.69, 9.17) is 11.6 Å². The molecule has 1 aliphatic rings. The van der Waals surface area contributed by atoms with Gasteiger partial charge in [-0.15, -0.1) is 11.6 Å². The number of aryl methyl sites for hydroxylation is 1. The van der Waals surface area contributed by atoms with Crippen molar-refractivity contribution in [3.05, 3.63) is 29.8 Å². The van der Waals surface area contributed by atoms with E-state index in [2.05, 4.69) is 0 Å². The quantitative estimate of drug-likeness (QED) is 0.802. The van der Waals surface area contributed by atoms with Crippen molar-refractivity contribution in [3.8, 4) is 0 Å². The standard InChI is InChI=1S/C14H20ClNO2S/c1-12-5-2-3-7-14(12)19(17,18)16-10-4-6-13(11-16)8-9-15/h2-3,5,7,13H,4,6,8-11H2,1H3. The zero-order valence-electron chi connectivity index (χ0n) is 11.2. The van der Waals surface area contributed by atoms with Gasteiger partial charge in [-0.1, -0.05) is 18.2 Å². The second-order valence-corrected chi connectivity index (χ2v) is 7.40. The summed E-state index contributed by atoms with van der Waals surface area (Å²) in [6.45, 7) is 3.06. The molecule has 0 N–H and O–H groups in total. The van der Waals surface area contributed by atoms with Gasteiger partial charge in [0.1, 0.15) is 0 Å². The van der Waals surface area contributed by atoms with E-state index in [1.54, 1.807) is 16.4 Å². The van der Waals surface area contributed by atoms with Crippen molar-refractivity contribution in [1.82, 2.24) is 4.31 Å². The number of hydrogen-bond acceptors (Lipinski definition) is 2. The monoisotopic (exact) mass is 301 g/mol. The Balaban J connectivity index is 2.22. The van der Waals surface area contributed by atoms with E-state index >= 15 is 0 Å². The number of hydrogen-bond donors (Lipinski definition) is 0. The molecule has 1 fully saturated rings. The number of nitrogens with zero attached hydrogens (tertiary/aromatic N) is 1. The number of halogens is 1. The molecule has 1 saturated heterocycles. The molecule has 0 amide bonds. The summed E-state index contributed by atoms with van der Waals surface area (Å²) in [7, 11) is -3.35. The molecule has 0 radical (unpaired) electrons. The molecule has 1 unspecified atom stereocenters. The maximum Gasteiger partial charge on any atom is 0.243 e. The van der Waals surface area contributed by atoms with Crippen LogP contribution >= 0.6 is 11.6 Å². The molecule has 0 aromatic heterocycles. The van der Waals surface area contributed by atoms with Crippen LogP contribution in [0, 0.1) is 12.8 Å². The minimum atomic E-state index is -3.35. The highest BCUT2D eigenvalue weighted by atomic mass is 35.5. The summed E-state index contributed by atoms with van der Waals surface area (Å²) in [6.07, 6.45) is 2.89. The molecular formula is C14H20ClNO2S. The molecule has 0 saturated carbocycles. The van der Waals surface area contributed by atoms with E-state index in [1.807, 2.05) is 19.1 Å². The van der Waals surface area contributed by atoms with Gasteiger partial charge in [0.05, 0.1) is 4.90 Å². The zero-order valence-corrected chi connectivity index (χ0v) is 12.8. The molecule has 1 heterocycles. The van der Waals surface area contributed by atoms with Gasteiger partial charge < -0.3 is 0 Å². The second kappa shape index (κ2) is 6.25. The van der Waals surface area contributed by atoms with Crippen molar-refractivity contribution in [2.24, 2.45) is 5.92 Å². The lowest BCUT2D eigenvalue weighted by molar-refractivity contribution is 0.262. The summed E-state index contributed by atoms with van der Waals surface area (Å²) in [5, 5.41) is 0. The average Bonchev–Trinajstić information content (AvgIpc) is 2.40. The van der Waals surface area contributed by atoms with Crippen LogP contribution in [0.5, 0.6) is 0 Å². The lowest BCUT2D eigenvalue weighted by Crippen LogP contribution is -2.40. The minimum Gasteiger partial charge on any atom is -0.207 e. The molecule has 3 nitrogen and oxygen atoms in total. The third-order valence-corrected chi connectivity index (χ3v) is 5.95. The Hall–Kier alpha value is -0.580. The van der Waals surface area contributed by atoms with Gasteiger partial charge in [0.15, 0.2) is 0 Å². The van der Waals surface area contributed by atoms with Gasteiger partial charge in [0.25, 0.3) is 0 Å². The molecule has 0 bridgehead atoms. The molecule has 5 heteroatoms. The van der Waals surface area contributed by atoms with E-state index < -0.39 is 10.0 Å². The number of rotatable bonds is 4. The van der Waals surface area contributed by atoms with Crippen LogP contribution in [-0.2, 0) is 10.0 Å². The van der Waals surface area contributed by atoms with Crippen molar-refractivity contribution in [1.29, 1.82) is 0 Å². The molecule has 106 valence electrons. The number of piperidine rings is 1. The van der Waals surface area contributed by atoms with Crippen LogP contribution in [0.4, 0.5) is 0 Å². The topological polar surface area (TPSA) is 37.4 Å². The molecule has 0 aliphatic carbocycles. The number of benzene rings is 1. The first-order chi connectivity index (χ1) is 9.05. The van der Waals surface area contributed by atoms with Crippen LogP contribution in [0.25, 0.3) is 0 Å². The van der Waals surface area contributed by atoms with Gasteiger partial charge in [0.2, 0.25) is 10.0 Å². The Morgan fingerprint density at radius 2 is 2.11 bits per heavy atom. The average molecular weight is 302 g/mol. The number of alkyl halides is 1. The van der Waals surface area contributed by atoms with Crippen molar-refractivity contribution in [2.75, 3.05) is 19.0 Å². The van der Waals surface area contributed by atoms with Crippen molar-refractivity contribution in [2.45, 2.75) is 31.1 Å². The maximum absolute atomic E-state index is 12.7. The van der Waals surface area contributed by atoms with Crippen LogP contribution in [0.2, 0.25) is 0 Å². The van der Waals surface area contributed by atoms with Crippen LogP contribution < -0.4 is 0 Å². The molecule has 1 atom stereocenters. The molecule has 0 spiro atoms. The lowest BCUT2D eigenvalue weighted by Gasteiger charge is -2.32. The van der Waals surface area contributed by atoms with Gasteiger partial charge in [0, 0.05) is 19.0 Å². The van der Waals surface area contributed by atoms with Gasteiger partial charge in [-0.2, -0.15) is 4.31 Å². The van der Waals surface area contributed by atoms with E-state index in [9.17, 15) is 8.42 Å². The Labute approximate surface area is 120 Å². The van der Waals surface area contributed by atoms with E-state index in [1.165, 1.54) is 0 Å². The van der Waals surface area contributed by atoms with Gasteiger partial charge in [-0.05, 0) is 43.7 Å². The van der Waals surface area contributed by atoms with Crippen molar-refractivity contribution in [3.63, 3.8) is 0 Å². The Morgan fingerprint density at radius 1 is 1.37 bits per heavy atom. The highest BCUT2D eigenvalue weighted by Gasteiger charge is 2.30. The van der Waals surface area contributed by atoms with E-state index in [0.717, 1.165) is 24.8 Å². The predicted molar refractivity (Wildman–Crippen MR) is 78.0 cm³/mol. The minimum absolute atomic E-state index is 0.394. The van der Waals surface area contributed by atoms with Crippen LogP contribution in [-0.4, -0.2) is 31.7 Å². The fourth-order valence-electron chi connectivity index (χ4n) is 2.62. The highest BCUT2D eigenvalue weighted by molar-refractivity contribution is 7.89. The summed E-state index contributed by atoms with van der Waals surface area (Å²) >= 11 is 5.77. The first-order valence-corrected chi connectivity index (χ1v) is 8.65. The zero-order chi connectivity index (χ0) is 13.9. The van der Waals surface area contributed by atoms with Gasteiger partial charge in [-0.25, -0.2) is 8.42 Å². The number of sulfonamides is 1. The third-order valence-electron chi connectivity index (χ3n) is 3.71. The van der Waals surface area contributed by atoms with E-state index in [-0.39, 0.29) is 0 Å². The fraction of sp³-hybridized carbons (Fsp3) is 0.571. The van der Waals surface area contributed by atoms with Crippen molar-refractivity contribution < 1.29 is 8.42 Å². The maximum atomic E-state index is 12.7. The van der Waals surface area contributed by atoms with Gasteiger partial charge in [-0.3, -0.25) is 0 Å². The van der Waals surface area contributed by atoms with Gasteiger partial charge >= 0.3 is 0 Å². The van der Waals surface area contributed by atoms with Crippen LogP contribution in [0.3, 0.4) is 0 Å². The molecule has 2 rings (SSSR count). The smallest absolute Gasteiger partial charge is 0.207 e. The molecular weight excluding hydrogens is 282 g/mol. The fourth-order valence-corrected chi connectivity index (χ4v) is 4.71. The largest absolute Gasteiger partial charge is 0.243 e.